The molecule has 3 aromatic rings. The van der Waals surface area contributed by atoms with Gasteiger partial charge in [-0.25, -0.2) is 0 Å². The molecule has 1 saturated carbocycles. The van der Waals surface area contributed by atoms with Crippen LogP contribution >= 0.6 is 11.6 Å². The number of benzene rings is 3. The van der Waals surface area contributed by atoms with Crippen molar-refractivity contribution in [3.05, 3.63) is 110 Å². The van der Waals surface area contributed by atoms with Gasteiger partial charge in [0.2, 0.25) is 0 Å². The van der Waals surface area contributed by atoms with Crippen LogP contribution in [0.25, 0.3) is 0 Å². The van der Waals surface area contributed by atoms with Gasteiger partial charge in [-0.05, 0) is 61.3 Å². The van der Waals surface area contributed by atoms with Crippen LogP contribution in [0.15, 0.2) is 72.8 Å². The van der Waals surface area contributed by atoms with Crippen molar-refractivity contribution in [2.75, 3.05) is 13.2 Å². The first kappa shape index (κ1) is 25.4. The zero-order chi connectivity index (χ0) is 26.0. The molecule has 1 unspecified atom stereocenters. The Morgan fingerprint density at radius 3 is 2.27 bits per heavy atom. The van der Waals surface area contributed by atoms with Crippen LogP contribution < -0.4 is 0 Å². The van der Waals surface area contributed by atoms with E-state index in [1.54, 1.807) is 29.2 Å². The van der Waals surface area contributed by atoms with Gasteiger partial charge in [0.25, 0.3) is 11.6 Å². The average Bonchev–Trinajstić information content (AvgIpc) is 3.16. The fourth-order valence-electron chi connectivity index (χ4n) is 5.53. The number of amides is 1. The molecule has 1 atom stereocenters. The lowest BCUT2D eigenvalue weighted by molar-refractivity contribution is -0.384. The number of non-ortho nitro benzene ring substituents is 1. The van der Waals surface area contributed by atoms with Gasteiger partial charge in [-0.3, -0.25) is 19.8 Å². The van der Waals surface area contributed by atoms with E-state index in [-0.39, 0.29) is 24.7 Å². The van der Waals surface area contributed by atoms with Gasteiger partial charge in [-0.15, -0.1) is 0 Å². The summed E-state index contributed by atoms with van der Waals surface area (Å²) < 4.78 is 6.86. The van der Waals surface area contributed by atoms with Crippen LogP contribution in [0.2, 0.25) is 5.02 Å². The molecule has 0 radical (unpaired) electrons. The fourth-order valence-corrected chi connectivity index (χ4v) is 5.66. The summed E-state index contributed by atoms with van der Waals surface area (Å²) in [5.74, 6) is 0.498. The first-order valence-electron chi connectivity index (χ1n) is 12.6. The van der Waals surface area contributed by atoms with Crippen LogP contribution in [0.3, 0.4) is 0 Å². The predicted octanol–water partition coefficient (Wildman–Crippen LogP) is 5.92. The van der Waals surface area contributed by atoms with E-state index in [0.29, 0.717) is 29.0 Å². The molecule has 0 aromatic heterocycles. The highest BCUT2D eigenvalue weighted by Crippen LogP contribution is 2.47. The van der Waals surface area contributed by atoms with Gasteiger partial charge in [0.15, 0.2) is 5.72 Å². The second kappa shape index (κ2) is 10.6. The van der Waals surface area contributed by atoms with Gasteiger partial charge in [-0.2, -0.15) is 0 Å². The van der Waals surface area contributed by atoms with Crippen molar-refractivity contribution in [1.82, 2.24) is 4.90 Å². The Morgan fingerprint density at radius 2 is 1.62 bits per heavy atom. The molecule has 192 valence electrons. The Morgan fingerprint density at radius 1 is 0.973 bits per heavy atom. The molecule has 7 nitrogen and oxygen atoms in total. The lowest BCUT2D eigenvalue weighted by Gasteiger charge is -2.41. The third-order valence-electron chi connectivity index (χ3n) is 7.62. The number of hydrogen-bond acceptors (Lipinski definition) is 5. The Labute approximate surface area is 220 Å². The number of halogens is 1. The molecule has 1 N–H and O–H groups in total. The van der Waals surface area contributed by atoms with Crippen LogP contribution in [-0.2, 0) is 17.0 Å². The first-order chi connectivity index (χ1) is 17.9. The first-order valence-corrected chi connectivity index (χ1v) is 13.0. The number of nitrogens with zero attached hydrogens (tertiary/aromatic N) is 2. The quantitative estimate of drug-likeness (QED) is 0.294. The van der Waals surface area contributed by atoms with E-state index in [0.717, 1.165) is 42.4 Å². The number of fused-ring (bicyclic) bond motifs is 1. The van der Waals surface area contributed by atoms with Gasteiger partial charge in [0.05, 0.1) is 11.5 Å². The molecule has 8 heteroatoms. The van der Waals surface area contributed by atoms with Crippen molar-refractivity contribution in [3.8, 4) is 0 Å². The molecule has 37 heavy (non-hydrogen) atoms. The van der Waals surface area contributed by atoms with Crippen LogP contribution in [0.5, 0.6) is 0 Å². The SMILES string of the molecule is O=C1c2ccccc2C(OCC2CCC(CO)CC2)(c2ccc(Cl)cc2)N1Cc1ccc([N+](=O)[O-])cc1. The highest BCUT2D eigenvalue weighted by atomic mass is 35.5. The minimum atomic E-state index is -1.17. The lowest BCUT2D eigenvalue weighted by atomic mass is 9.82. The molecular weight excluding hydrogens is 492 g/mol. The lowest BCUT2D eigenvalue weighted by Crippen LogP contribution is -2.47. The van der Waals surface area contributed by atoms with E-state index in [9.17, 15) is 20.0 Å². The minimum absolute atomic E-state index is 0.00141. The number of aliphatic hydroxyl groups excluding tert-OH is 1. The smallest absolute Gasteiger partial charge is 0.269 e. The van der Waals surface area contributed by atoms with Gasteiger partial charge < -0.3 is 9.84 Å². The largest absolute Gasteiger partial charge is 0.396 e. The minimum Gasteiger partial charge on any atom is -0.396 e. The molecule has 1 aliphatic heterocycles. The second-order valence-electron chi connectivity index (χ2n) is 9.89. The van der Waals surface area contributed by atoms with E-state index < -0.39 is 10.6 Å². The Balaban J connectivity index is 1.55. The molecule has 1 aliphatic carbocycles. The standard InChI is InChI=1S/C29H29ClN2O5/c30-24-13-11-23(12-14-24)29(37-19-22-7-5-21(18-33)6-8-22)27-4-2-1-3-26(27)28(34)31(29)17-20-9-15-25(16-10-20)32(35)36/h1-4,9-16,21-22,33H,5-8,17-19H2. The summed E-state index contributed by atoms with van der Waals surface area (Å²) in [6.45, 7) is 0.887. The molecule has 0 bridgehead atoms. The van der Waals surface area contributed by atoms with Gasteiger partial charge in [0, 0.05) is 47.0 Å². The fraction of sp³-hybridized carbons (Fsp3) is 0.345. The summed E-state index contributed by atoms with van der Waals surface area (Å²) in [6.07, 6.45) is 3.83. The normalized spacial score (nSPS) is 23.2. The Kier molecular flexibility index (Phi) is 7.29. The predicted molar refractivity (Wildman–Crippen MR) is 140 cm³/mol. The van der Waals surface area contributed by atoms with Gasteiger partial charge >= 0.3 is 0 Å². The van der Waals surface area contributed by atoms with Gasteiger partial charge in [0.1, 0.15) is 0 Å². The summed E-state index contributed by atoms with van der Waals surface area (Å²) >= 11 is 6.23. The molecule has 3 aromatic carbocycles. The number of carbonyl (C=O) groups excluding carboxylic acids is 1. The summed E-state index contributed by atoms with van der Waals surface area (Å²) in [7, 11) is 0. The number of nitro groups is 1. The molecule has 1 heterocycles. The maximum atomic E-state index is 13.8. The van der Waals surface area contributed by atoms with Crippen LogP contribution in [0.1, 0.15) is 52.7 Å². The highest BCUT2D eigenvalue weighted by Gasteiger charge is 2.52. The summed E-state index contributed by atoms with van der Waals surface area (Å²) in [6, 6.07) is 21.1. The zero-order valence-electron chi connectivity index (χ0n) is 20.4. The van der Waals surface area contributed by atoms with Crippen molar-refractivity contribution < 1.29 is 19.6 Å². The highest BCUT2D eigenvalue weighted by molar-refractivity contribution is 6.30. The third-order valence-corrected chi connectivity index (χ3v) is 7.88. The molecule has 2 aliphatic rings. The van der Waals surface area contributed by atoms with E-state index in [1.807, 2.05) is 36.4 Å². The van der Waals surface area contributed by atoms with Crippen LogP contribution in [0, 0.1) is 22.0 Å². The van der Waals surface area contributed by atoms with E-state index in [2.05, 4.69) is 0 Å². The molecular formula is C29H29ClN2O5. The van der Waals surface area contributed by atoms with Crippen molar-refractivity contribution in [3.63, 3.8) is 0 Å². The number of ether oxygens (including phenoxy) is 1. The van der Waals surface area contributed by atoms with Crippen LogP contribution in [-0.4, -0.2) is 34.1 Å². The van der Waals surface area contributed by atoms with E-state index in [1.165, 1.54) is 12.1 Å². The Bertz CT molecular complexity index is 1270. The van der Waals surface area contributed by atoms with E-state index in [4.69, 9.17) is 16.3 Å². The van der Waals surface area contributed by atoms with Crippen molar-refractivity contribution in [1.29, 1.82) is 0 Å². The number of hydrogen-bond donors (Lipinski definition) is 1. The van der Waals surface area contributed by atoms with Crippen LogP contribution in [0.4, 0.5) is 5.69 Å². The monoisotopic (exact) mass is 520 g/mol. The number of carbonyl (C=O) groups is 1. The molecule has 0 saturated heterocycles. The average molecular weight is 521 g/mol. The zero-order valence-corrected chi connectivity index (χ0v) is 21.1. The third kappa shape index (κ3) is 4.87. The van der Waals surface area contributed by atoms with E-state index >= 15 is 0 Å². The maximum absolute atomic E-state index is 13.8. The molecule has 0 spiro atoms. The molecule has 5 rings (SSSR count). The van der Waals surface area contributed by atoms with Crippen molar-refractivity contribution in [2.45, 2.75) is 38.0 Å². The molecule has 1 fully saturated rings. The number of aliphatic hydroxyl groups is 1. The second-order valence-corrected chi connectivity index (χ2v) is 10.3. The number of nitro benzene ring substituents is 1. The molecule has 1 amide bonds. The number of rotatable bonds is 8. The van der Waals surface area contributed by atoms with Crippen molar-refractivity contribution >= 4 is 23.2 Å². The maximum Gasteiger partial charge on any atom is 0.269 e. The summed E-state index contributed by atoms with van der Waals surface area (Å²) in [5, 5.41) is 21.3. The topological polar surface area (TPSA) is 92.9 Å². The van der Waals surface area contributed by atoms with Crippen molar-refractivity contribution in [2.24, 2.45) is 11.8 Å². The van der Waals surface area contributed by atoms with Gasteiger partial charge in [-0.1, -0.05) is 54.1 Å². The summed E-state index contributed by atoms with van der Waals surface area (Å²) in [4.78, 5) is 26.3. The summed E-state index contributed by atoms with van der Waals surface area (Å²) in [5.41, 5.74) is 1.72. The Hall–Kier alpha value is -3.26.